The van der Waals surface area contributed by atoms with E-state index in [1.807, 2.05) is 42.5 Å². The monoisotopic (exact) mass is 311 g/mol. The van der Waals surface area contributed by atoms with Gasteiger partial charge in [0, 0.05) is 34.7 Å². The number of hydrogen-bond donors (Lipinski definition) is 1. The molecule has 0 fully saturated rings. The summed E-state index contributed by atoms with van der Waals surface area (Å²) in [6.07, 6.45) is 5.21. The lowest BCUT2D eigenvalue weighted by molar-refractivity contribution is 0.307. The van der Waals surface area contributed by atoms with E-state index in [0.29, 0.717) is 23.2 Å². The number of ether oxygens (including phenoxy) is 1. The zero-order valence-corrected chi connectivity index (χ0v) is 12.5. The fraction of sp³-hybridized carbons (Fsp3) is 0.0588. The predicted octanol–water partition coefficient (Wildman–Crippen LogP) is 3.96. The second kappa shape index (κ2) is 6.45. The second-order valence-corrected chi connectivity index (χ2v) is 5.20. The fourth-order valence-electron chi connectivity index (χ4n) is 2.00. The number of hydrogen-bond acceptors (Lipinski definition) is 4. The molecule has 0 aliphatic rings. The van der Waals surface area contributed by atoms with Gasteiger partial charge in [0.2, 0.25) is 0 Å². The number of nitrogens with two attached hydrogens (primary N) is 1. The Morgan fingerprint density at radius 1 is 1.05 bits per heavy atom. The molecular weight excluding hydrogens is 298 g/mol. The number of aromatic nitrogens is 2. The van der Waals surface area contributed by atoms with Gasteiger partial charge in [-0.2, -0.15) is 0 Å². The lowest BCUT2D eigenvalue weighted by atomic mass is 10.1. The summed E-state index contributed by atoms with van der Waals surface area (Å²) in [5.41, 5.74) is 8.77. The lowest BCUT2D eigenvalue weighted by Crippen LogP contribution is -2.01. The molecule has 0 saturated heterocycles. The summed E-state index contributed by atoms with van der Waals surface area (Å²) in [6.45, 7) is 0.402. The lowest BCUT2D eigenvalue weighted by Gasteiger charge is -2.10. The van der Waals surface area contributed by atoms with Crippen molar-refractivity contribution in [3.8, 4) is 16.9 Å². The average Bonchev–Trinajstić information content (AvgIpc) is 2.56. The first-order chi connectivity index (χ1) is 10.7. The summed E-state index contributed by atoms with van der Waals surface area (Å²) in [7, 11) is 0. The molecule has 1 aromatic carbocycles. The van der Waals surface area contributed by atoms with Crippen molar-refractivity contribution < 1.29 is 4.74 Å². The molecule has 0 amide bonds. The Morgan fingerprint density at radius 2 is 1.86 bits per heavy atom. The van der Waals surface area contributed by atoms with Crippen LogP contribution < -0.4 is 10.5 Å². The minimum Gasteiger partial charge on any atom is -0.485 e. The molecule has 0 bridgehead atoms. The Balaban J connectivity index is 1.80. The highest BCUT2D eigenvalue weighted by molar-refractivity contribution is 6.30. The van der Waals surface area contributed by atoms with Gasteiger partial charge in [-0.3, -0.25) is 4.98 Å². The normalized spacial score (nSPS) is 10.4. The zero-order valence-electron chi connectivity index (χ0n) is 11.7. The van der Waals surface area contributed by atoms with Crippen molar-refractivity contribution in [2.24, 2.45) is 0 Å². The average molecular weight is 312 g/mol. The Labute approximate surface area is 133 Å². The molecule has 4 nitrogen and oxygen atoms in total. The molecule has 0 spiro atoms. The van der Waals surface area contributed by atoms with Crippen LogP contribution >= 0.6 is 11.6 Å². The molecule has 2 N–H and O–H groups in total. The molecule has 2 aromatic heterocycles. The topological polar surface area (TPSA) is 61.0 Å². The van der Waals surface area contributed by atoms with Crippen LogP contribution in [0.4, 0.5) is 5.82 Å². The second-order valence-electron chi connectivity index (χ2n) is 4.76. The largest absolute Gasteiger partial charge is 0.485 e. The molecule has 3 aromatic rings. The van der Waals surface area contributed by atoms with Crippen LogP contribution in [-0.4, -0.2) is 9.97 Å². The standard InChI is InChI=1S/C17H14ClN3O/c18-15-5-3-12(4-6-15)11-22-16-8-14(10-21-17(16)19)13-2-1-7-20-9-13/h1-10H,11H2,(H2,19,21). The number of nitrogens with zero attached hydrogens (tertiary/aromatic N) is 2. The van der Waals surface area contributed by atoms with E-state index >= 15 is 0 Å². The van der Waals surface area contributed by atoms with E-state index in [1.54, 1.807) is 18.6 Å². The van der Waals surface area contributed by atoms with Gasteiger partial charge in [-0.25, -0.2) is 4.98 Å². The zero-order chi connectivity index (χ0) is 15.4. The molecule has 0 aliphatic carbocycles. The number of benzene rings is 1. The van der Waals surface area contributed by atoms with Gasteiger partial charge in [0.05, 0.1) is 0 Å². The van der Waals surface area contributed by atoms with Crippen LogP contribution in [0.15, 0.2) is 61.1 Å². The highest BCUT2D eigenvalue weighted by atomic mass is 35.5. The van der Waals surface area contributed by atoms with Gasteiger partial charge in [-0.15, -0.1) is 0 Å². The maximum atomic E-state index is 5.88. The van der Waals surface area contributed by atoms with Crippen molar-refractivity contribution in [3.05, 3.63) is 71.6 Å². The van der Waals surface area contributed by atoms with Gasteiger partial charge >= 0.3 is 0 Å². The van der Waals surface area contributed by atoms with E-state index in [-0.39, 0.29) is 0 Å². The molecule has 110 valence electrons. The summed E-state index contributed by atoms with van der Waals surface area (Å²) in [4.78, 5) is 8.29. The first-order valence-electron chi connectivity index (χ1n) is 6.75. The molecule has 0 radical (unpaired) electrons. The molecule has 22 heavy (non-hydrogen) atoms. The third-order valence-corrected chi connectivity index (χ3v) is 3.44. The fourth-order valence-corrected chi connectivity index (χ4v) is 2.13. The van der Waals surface area contributed by atoms with Gasteiger partial charge in [0.1, 0.15) is 6.61 Å². The van der Waals surface area contributed by atoms with Crippen molar-refractivity contribution in [1.29, 1.82) is 0 Å². The first-order valence-corrected chi connectivity index (χ1v) is 7.13. The van der Waals surface area contributed by atoms with Crippen molar-refractivity contribution in [1.82, 2.24) is 9.97 Å². The molecule has 0 unspecified atom stereocenters. The van der Waals surface area contributed by atoms with E-state index in [0.717, 1.165) is 16.7 Å². The Morgan fingerprint density at radius 3 is 2.59 bits per heavy atom. The third-order valence-electron chi connectivity index (χ3n) is 3.18. The molecule has 0 saturated carbocycles. The SMILES string of the molecule is Nc1ncc(-c2cccnc2)cc1OCc1ccc(Cl)cc1. The van der Waals surface area contributed by atoms with Crippen LogP contribution in [0.1, 0.15) is 5.56 Å². The van der Waals surface area contributed by atoms with E-state index in [1.165, 1.54) is 0 Å². The molecular formula is C17H14ClN3O. The minimum absolute atomic E-state index is 0.363. The van der Waals surface area contributed by atoms with Crippen molar-refractivity contribution >= 4 is 17.4 Å². The van der Waals surface area contributed by atoms with Gasteiger partial charge in [0.15, 0.2) is 11.6 Å². The van der Waals surface area contributed by atoms with Crippen molar-refractivity contribution in [3.63, 3.8) is 0 Å². The Kier molecular flexibility index (Phi) is 4.21. The van der Waals surface area contributed by atoms with E-state index in [9.17, 15) is 0 Å². The van der Waals surface area contributed by atoms with Gasteiger partial charge in [0.25, 0.3) is 0 Å². The predicted molar refractivity (Wildman–Crippen MR) is 87.7 cm³/mol. The highest BCUT2D eigenvalue weighted by Crippen LogP contribution is 2.27. The number of pyridine rings is 2. The Hall–Kier alpha value is -2.59. The number of anilines is 1. The first kappa shape index (κ1) is 14.4. The van der Waals surface area contributed by atoms with Crippen LogP contribution in [0, 0.1) is 0 Å². The molecule has 2 heterocycles. The van der Waals surface area contributed by atoms with Crippen LogP contribution in [0.25, 0.3) is 11.1 Å². The van der Waals surface area contributed by atoms with E-state index in [4.69, 9.17) is 22.1 Å². The van der Waals surface area contributed by atoms with E-state index < -0.39 is 0 Å². The quantitative estimate of drug-likeness (QED) is 0.792. The van der Waals surface area contributed by atoms with Gasteiger partial charge in [-0.1, -0.05) is 29.8 Å². The highest BCUT2D eigenvalue weighted by Gasteiger charge is 2.06. The molecule has 0 atom stereocenters. The summed E-state index contributed by atoms with van der Waals surface area (Å²) in [5.74, 6) is 0.915. The van der Waals surface area contributed by atoms with E-state index in [2.05, 4.69) is 9.97 Å². The van der Waals surface area contributed by atoms with Crippen LogP contribution in [0.3, 0.4) is 0 Å². The smallest absolute Gasteiger partial charge is 0.166 e. The Bertz CT molecular complexity index is 761. The summed E-state index contributed by atoms with van der Waals surface area (Å²) in [6, 6.07) is 13.2. The number of nitrogen functional groups attached to an aromatic ring is 1. The van der Waals surface area contributed by atoms with Gasteiger partial charge < -0.3 is 10.5 Å². The molecule has 5 heteroatoms. The van der Waals surface area contributed by atoms with Gasteiger partial charge in [-0.05, 0) is 29.8 Å². The summed E-state index contributed by atoms with van der Waals surface area (Å²) < 4.78 is 5.77. The van der Waals surface area contributed by atoms with Crippen LogP contribution in [0.5, 0.6) is 5.75 Å². The maximum absolute atomic E-state index is 5.88. The molecule has 0 aliphatic heterocycles. The van der Waals surface area contributed by atoms with Crippen molar-refractivity contribution in [2.75, 3.05) is 5.73 Å². The summed E-state index contributed by atoms with van der Waals surface area (Å²) >= 11 is 5.87. The third kappa shape index (κ3) is 3.35. The van der Waals surface area contributed by atoms with Crippen molar-refractivity contribution in [2.45, 2.75) is 6.61 Å². The van der Waals surface area contributed by atoms with Crippen LogP contribution in [-0.2, 0) is 6.61 Å². The molecule has 3 rings (SSSR count). The summed E-state index contributed by atoms with van der Waals surface area (Å²) in [5, 5.41) is 0.698. The minimum atomic E-state index is 0.363. The maximum Gasteiger partial charge on any atom is 0.166 e. The number of rotatable bonds is 4. The van der Waals surface area contributed by atoms with Crippen LogP contribution in [0.2, 0.25) is 5.02 Å². The number of halogens is 1.